The third-order valence-corrected chi connectivity index (χ3v) is 14.2. The molecule has 1 aliphatic carbocycles. The molecule has 1 nitrogen and oxygen atoms in total. The van der Waals surface area contributed by atoms with Crippen molar-refractivity contribution >= 4 is 48.0 Å². The Kier molecular flexibility index (Phi) is 11.2. The Labute approximate surface area is 316 Å². The van der Waals surface area contributed by atoms with Crippen molar-refractivity contribution in [1.29, 1.82) is 0 Å². The Hall–Kier alpha value is -4.80. The topological polar surface area (TPSA) is 12.9 Å². The normalized spacial score (nSPS) is 11.3. The summed E-state index contributed by atoms with van der Waals surface area (Å²) in [4.78, 5) is 4.86. The molecule has 9 rings (SSSR count). The second-order valence-corrected chi connectivity index (χ2v) is 16.8. The summed E-state index contributed by atoms with van der Waals surface area (Å²) >= 11 is 0. The molecular weight excluding hydrogens is 833 g/mol. The average Bonchev–Trinajstić information content (AvgIpc) is 3.53. The van der Waals surface area contributed by atoms with Crippen LogP contribution in [0.1, 0.15) is 0 Å². The molecule has 0 fully saturated rings. The van der Waals surface area contributed by atoms with Gasteiger partial charge in [0.2, 0.25) is 0 Å². The van der Waals surface area contributed by atoms with Crippen LogP contribution in [-0.4, -0.2) is 4.98 Å². The number of hydrogen-bond acceptors (Lipinski definition) is 1. The second kappa shape index (κ2) is 16.5. The fourth-order valence-corrected chi connectivity index (χ4v) is 11.7. The molecule has 0 amide bonds. The van der Waals surface area contributed by atoms with Crippen LogP contribution in [0.2, 0.25) is 0 Å². The molecule has 1 radical (unpaired) electrons. The van der Waals surface area contributed by atoms with Crippen molar-refractivity contribution in [3.8, 4) is 33.5 Å². The smallest absolute Gasteiger partial charge is 0.102 e. The van der Waals surface area contributed by atoms with Crippen molar-refractivity contribution in [1.82, 2.24) is 4.98 Å². The maximum Gasteiger partial charge on any atom is 0.102 e. The Morgan fingerprint density at radius 3 is 1.31 bits per heavy atom. The predicted molar refractivity (Wildman–Crippen MR) is 221 cm³/mol. The molecule has 0 unspecified atom stereocenters. The van der Waals surface area contributed by atoms with Gasteiger partial charge in [-0.2, -0.15) is 0 Å². The zero-order valence-corrected chi connectivity index (χ0v) is 32.3. The molecule has 0 bridgehead atoms. The van der Waals surface area contributed by atoms with E-state index in [-0.39, 0.29) is 20.1 Å². The van der Waals surface area contributed by atoms with Gasteiger partial charge in [0.25, 0.3) is 0 Å². The summed E-state index contributed by atoms with van der Waals surface area (Å²) in [5.74, 6) is 5.01. The van der Waals surface area contributed by atoms with E-state index in [0.29, 0.717) is 0 Å². The molecule has 0 spiro atoms. The molecule has 0 saturated heterocycles. The van der Waals surface area contributed by atoms with Gasteiger partial charge < -0.3 is 0 Å². The van der Waals surface area contributed by atoms with Crippen molar-refractivity contribution < 1.29 is 20.1 Å². The molecule has 8 aromatic rings. The van der Waals surface area contributed by atoms with Gasteiger partial charge in [-0.1, -0.05) is 115 Å². The van der Waals surface area contributed by atoms with E-state index >= 15 is 0 Å². The Balaban J connectivity index is 0.000000160. The summed E-state index contributed by atoms with van der Waals surface area (Å²) < 4.78 is 0. The van der Waals surface area contributed by atoms with Crippen molar-refractivity contribution in [3.05, 3.63) is 212 Å². The summed E-state index contributed by atoms with van der Waals surface area (Å²) in [5, 5.41) is 6.98. The van der Waals surface area contributed by atoms with E-state index in [9.17, 15) is 0 Å². The number of nitrogens with zero attached hydrogens (tertiary/aromatic N) is 1. The molecule has 1 heterocycles. The van der Waals surface area contributed by atoms with E-state index in [1.807, 2.05) is 18.2 Å². The van der Waals surface area contributed by atoms with Crippen molar-refractivity contribution in [3.63, 3.8) is 0 Å². The Bertz CT molecular complexity index is 2200. The molecule has 0 saturated carbocycles. The van der Waals surface area contributed by atoms with E-state index in [1.54, 1.807) is 0 Å². The maximum atomic E-state index is 4.86. The third-order valence-electron chi connectivity index (χ3n) is 9.08. The first-order valence-electron chi connectivity index (χ1n) is 17.0. The van der Waals surface area contributed by atoms with Crippen molar-refractivity contribution in [2.24, 2.45) is 0 Å². The summed E-state index contributed by atoms with van der Waals surface area (Å²) in [5.41, 5.74) is 8.25. The fourth-order valence-electron chi connectivity index (χ4n) is 6.72. The van der Waals surface area contributed by atoms with Gasteiger partial charge in [0.05, 0.1) is 21.4 Å². The van der Waals surface area contributed by atoms with Crippen LogP contribution in [0.25, 0.3) is 44.4 Å². The second-order valence-electron chi connectivity index (χ2n) is 12.2. The van der Waals surface area contributed by atoms with Crippen LogP contribution in [-0.2, 0) is 20.1 Å². The Morgan fingerprint density at radius 2 is 0.843 bits per heavy atom. The molecular formula is C47H36IrNP2+. The van der Waals surface area contributed by atoms with E-state index in [1.165, 1.54) is 48.9 Å². The van der Waals surface area contributed by atoms with Crippen LogP contribution in [0.4, 0.5) is 0 Å². The molecule has 4 heteroatoms. The van der Waals surface area contributed by atoms with E-state index < -0.39 is 15.8 Å². The summed E-state index contributed by atoms with van der Waals surface area (Å²) in [6.45, 7) is 0. The minimum absolute atomic E-state index is 0. The van der Waals surface area contributed by atoms with Crippen LogP contribution >= 0.6 is 15.8 Å². The van der Waals surface area contributed by atoms with E-state index in [0.717, 1.165) is 16.8 Å². The minimum Gasteiger partial charge on any atom is -0.296 e. The quantitative estimate of drug-likeness (QED) is 0.115. The number of aromatic nitrogens is 1. The molecule has 0 atom stereocenters. The first-order chi connectivity index (χ1) is 24.8. The van der Waals surface area contributed by atoms with Crippen LogP contribution in [0.15, 0.2) is 206 Å². The van der Waals surface area contributed by atoms with Gasteiger partial charge in [-0.05, 0) is 82.5 Å². The van der Waals surface area contributed by atoms with Crippen LogP contribution in [0, 0.1) is 6.07 Å². The molecule has 51 heavy (non-hydrogen) atoms. The molecule has 247 valence electrons. The number of benzene rings is 7. The molecule has 7 aromatic carbocycles. The average molecular weight is 869 g/mol. The number of hydrogen-bond donors (Lipinski definition) is 0. The first kappa shape index (κ1) is 34.6. The zero-order valence-electron chi connectivity index (χ0n) is 27.9. The third kappa shape index (κ3) is 7.62. The standard InChI is InChI=1S/C26H22P2.C21H12N.Ir/c1-5-13-23(14-6-1)27(24-15-7-2-8-16-24)21-22-28(25-17-9-3-10-18-25)26-19-11-4-12-20-26;1-2-7-14(8-3-1)20-13-18-16-10-5-4-9-15(16)17-11-6-12-19(22-20)21(17)18;/h1-22H;1-7,9-13H;/q;-1;/p+2. The first-order valence-corrected chi connectivity index (χ1v) is 20.1. The van der Waals surface area contributed by atoms with Gasteiger partial charge in [-0.15, -0.1) is 35.9 Å². The molecule has 0 aliphatic heterocycles. The van der Waals surface area contributed by atoms with Gasteiger partial charge in [-0.3, -0.25) is 4.98 Å². The van der Waals surface area contributed by atoms with Gasteiger partial charge >= 0.3 is 0 Å². The van der Waals surface area contributed by atoms with Crippen LogP contribution in [0.3, 0.4) is 0 Å². The van der Waals surface area contributed by atoms with Crippen LogP contribution in [0.5, 0.6) is 0 Å². The van der Waals surface area contributed by atoms with E-state index in [2.05, 4.69) is 194 Å². The number of fused-ring (bicyclic) bond motifs is 3. The van der Waals surface area contributed by atoms with Gasteiger partial charge in [-0.25, -0.2) is 0 Å². The minimum atomic E-state index is -0.964. The monoisotopic (exact) mass is 869 g/mol. The van der Waals surface area contributed by atoms with Crippen LogP contribution < -0.4 is 21.2 Å². The number of pyridine rings is 1. The van der Waals surface area contributed by atoms with Gasteiger partial charge in [0, 0.05) is 25.5 Å². The summed E-state index contributed by atoms with van der Waals surface area (Å²) in [6.07, 6.45) is 0. The number of rotatable bonds is 7. The van der Waals surface area contributed by atoms with Gasteiger partial charge in [0.1, 0.15) is 32.9 Å². The maximum absolute atomic E-state index is 4.86. The molecule has 1 aliphatic rings. The van der Waals surface area contributed by atoms with E-state index in [4.69, 9.17) is 4.98 Å². The fraction of sp³-hybridized carbons (Fsp3) is 0. The molecule has 1 aromatic heterocycles. The largest absolute Gasteiger partial charge is 0.296 e. The van der Waals surface area contributed by atoms with Crippen molar-refractivity contribution in [2.45, 2.75) is 0 Å². The molecule has 0 N–H and O–H groups in total. The summed E-state index contributed by atoms with van der Waals surface area (Å²) in [6, 6.07) is 72.2. The zero-order chi connectivity index (χ0) is 33.5. The predicted octanol–water partition coefficient (Wildman–Crippen LogP) is 10.5. The van der Waals surface area contributed by atoms with Gasteiger partial charge in [0.15, 0.2) is 0 Å². The SMILES string of the molecule is C(=C[PH+](c1ccccc1)c1ccccc1)[PH+](c1ccccc1)c1ccccc1.[Ir].[c-]1ccccc1-c1cc2c3c(cccc3n1)-c1ccccc1-2. The Morgan fingerprint density at radius 1 is 0.412 bits per heavy atom. The van der Waals surface area contributed by atoms with Crippen molar-refractivity contribution in [2.75, 3.05) is 0 Å². The summed E-state index contributed by atoms with van der Waals surface area (Å²) in [7, 11) is -1.93.